The minimum absolute atomic E-state index is 0.286. The van der Waals surface area contributed by atoms with E-state index in [1.54, 1.807) is 6.92 Å². The summed E-state index contributed by atoms with van der Waals surface area (Å²) in [5.74, 6) is 0. The van der Waals surface area contributed by atoms with Crippen LogP contribution < -0.4 is 0 Å². The van der Waals surface area contributed by atoms with Crippen LogP contribution in [0.4, 0.5) is 0 Å². The first-order valence-corrected chi connectivity index (χ1v) is 8.59. The monoisotopic (exact) mass is 280 g/mol. The van der Waals surface area contributed by atoms with Crippen LogP contribution in [-0.4, -0.2) is 29.9 Å². The van der Waals surface area contributed by atoms with Crippen LogP contribution in [0.2, 0.25) is 0 Å². The summed E-state index contributed by atoms with van der Waals surface area (Å²) in [6.45, 7) is 2.08. The van der Waals surface area contributed by atoms with Crippen molar-refractivity contribution < 1.29 is 18.1 Å². The van der Waals surface area contributed by atoms with Gasteiger partial charge in [0.2, 0.25) is 0 Å². The number of hydrogen-bond donors (Lipinski definition) is 2. The van der Waals surface area contributed by atoms with Crippen molar-refractivity contribution in [3.05, 3.63) is 0 Å². The van der Waals surface area contributed by atoms with Gasteiger partial charge in [-0.05, 0) is 19.3 Å². The van der Waals surface area contributed by atoms with Gasteiger partial charge in [-0.25, -0.2) is 0 Å². The maximum Gasteiger partial charge on any atom is 0.267 e. The van der Waals surface area contributed by atoms with Gasteiger partial charge in [0, 0.05) is 6.61 Å². The Morgan fingerprint density at radius 2 is 1.33 bits per heavy atom. The molecular formula is C13H28O4S. The zero-order valence-electron chi connectivity index (χ0n) is 11.5. The normalized spacial score (nSPS) is 13.7. The molecule has 0 aliphatic heterocycles. The van der Waals surface area contributed by atoms with Gasteiger partial charge in [0.15, 0.2) is 0 Å². The molecule has 2 N–H and O–H groups in total. The molecule has 5 heteroatoms. The minimum Gasteiger partial charge on any atom is -0.396 e. The highest BCUT2D eigenvalue weighted by atomic mass is 32.2. The summed E-state index contributed by atoms with van der Waals surface area (Å²) < 4.78 is 30.9. The van der Waals surface area contributed by atoms with E-state index in [0.29, 0.717) is 12.8 Å². The van der Waals surface area contributed by atoms with E-state index in [2.05, 4.69) is 0 Å². The quantitative estimate of drug-likeness (QED) is 0.425. The van der Waals surface area contributed by atoms with Crippen LogP contribution in [0.25, 0.3) is 0 Å². The molecule has 0 aromatic rings. The molecule has 0 saturated heterocycles. The van der Waals surface area contributed by atoms with Crippen molar-refractivity contribution >= 4 is 10.1 Å². The molecule has 0 aliphatic rings. The third kappa shape index (κ3) is 9.85. The fourth-order valence-electron chi connectivity index (χ4n) is 2.11. The Kier molecular flexibility index (Phi) is 10.7. The van der Waals surface area contributed by atoms with E-state index in [0.717, 1.165) is 32.1 Å². The highest BCUT2D eigenvalue weighted by molar-refractivity contribution is 7.86. The molecule has 0 bridgehead atoms. The summed E-state index contributed by atoms with van der Waals surface area (Å²) in [5.41, 5.74) is 0. The number of hydrogen-bond acceptors (Lipinski definition) is 3. The van der Waals surface area contributed by atoms with Gasteiger partial charge in [0.05, 0.1) is 5.25 Å². The van der Waals surface area contributed by atoms with E-state index in [1.807, 2.05) is 0 Å². The van der Waals surface area contributed by atoms with E-state index in [1.165, 1.54) is 19.3 Å². The SMILES string of the molecule is CCC(CCCCCCCCCCO)S(=O)(=O)O. The van der Waals surface area contributed by atoms with Crippen molar-refractivity contribution in [3.63, 3.8) is 0 Å². The largest absolute Gasteiger partial charge is 0.396 e. The van der Waals surface area contributed by atoms with Crippen molar-refractivity contribution in [2.75, 3.05) is 6.61 Å². The zero-order valence-corrected chi connectivity index (χ0v) is 12.3. The minimum atomic E-state index is -3.85. The first-order valence-electron chi connectivity index (χ1n) is 7.09. The van der Waals surface area contributed by atoms with Crippen LogP contribution in [0.15, 0.2) is 0 Å². The fourth-order valence-corrected chi connectivity index (χ4v) is 2.99. The summed E-state index contributed by atoms with van der Waals surface area (Å²) in [7, 11) is -3.85. The molecule has 0 aromatic carbocycles. The van der Waals surface area contributed by atoms with Crippen molar-refractivity contribution in [2.24, 2.45) is 0 Å². The molecule has 1 atom stereocenters. The van der Waals surface area contributed by atoms with Crippen molar-refractivity contribution in [3.8, 4) is 0 Å². The molecule has 0 spiro atoms. The zero-order chi connectivity index (χ0) is 13.9. The van der Waals surface area contributed by atoms with Gasteiger partial charge in [0.1, 0.15) is 0 Å². The first-order chi connectivity index (χ1) is 8.52. The molecule has 0 rings (SSSR count). The molecule has 0 amide bonds. The van der Waals surface area contributed by atoms with Crippen LogP contribution in [0.1, 0.15) is 71.1 Å². The van der Waals surface area contributed by atoms with Crippen LogP contribution >= 0.6 is 0 Å². The highest BCUT2D eigenvalue weighted by Gasteiger charge is 2.19. The van der Waals surface area contributed by atoms with Gasteiger partial charge in [-0.2, -0.15) is 8.42 Å². The average Bonchev–Trinajstić information content (AvgIpc) is 2.30. The van der Waals surface area contributed by atoms with Crippen molar-refractivity contribution in [2.45, 2.75) is 76.4 Å². The lowest BCUT2D eigenvalue weighted by Crippen LogP contribution is -2.19. The fraction of sp³-hybridized carbons (Fsp3) is 1.00. The molecule has 0 radical (unpaired) electrons. The van der Waals surface area contributed by atoms with Crippen LogP contribution in [0.3, 0.4) is 0 Å². The number of unbranched alkanes of at least 4 members (excludes halogenated alkanes) is 7. The second-order valence-electron chi connectivity index (χ2n) is 4.89. The summed E-state index contributed by atoms with van der Waals surface area (Å²) >= 11 is 0. The summed E-state index contributed by atoms with van der Waals surface area (Å²) in [5, 5.41) is 8.03. The van der Waals surface area contributed by atoms with Crippen LogP contribution in [-0.2, 0) is 10.1 Å². The summed E-state index contributed by atoms with van der Waals surface area (Å²) in [4.78, 5) is 0. The maximum absolute atomic E-state index is 11.0. The van der Waals surface area contributed by atoms with Gasteiger partial charge in [-0.15, -0.1) is 0 Å². The molecule has 0 aromatic heterocycles. The van der Waals surface area contributed by atoms with Gasteiger partial charge in [-0.3, -0.25) is 4.55 Å². The first kappa shape index (κ1) is 17.9. The lowest BCUT2D eigenvalue weighted by molar-refractivity contribution is 0.282. The highest BCUT2D eigenvalue weighted by Crippen LogP contribution is 2.15. The van der Waals surface area contributed by atoms with Crippen molar-refractivity contribution in [1.82, 2.24) is 0 Å². The molecule has 4 nitrogen and oxygen atoms in total. The summed E-state index contributed by atoms with van der Waals surface area (Å²) in [6.07, 6.45) is 9.61. The van der Waals surface area contributed by atoms with E-state index in [-0.39, 0.29) is 6.61 Å². The molecule has 0 saturated carbocycles. The topological polar surface area (TPSA) is 74.6 Å². The Bertz CT molecular complexity index is 275. The second kappa shape index (κ2) is 10.8. The Morgan fingerprint density at radius 1 is 0.889 bits per heavy atom. The summed E-state index contributed by atoms with van der Waals surface area (Å²) in [6, 6.07) is 0. The number of rotatable bonds is 12. The molecule has 0 aliphatic carbocycles. The smallest absolute Gasteiger partial charge is 0.267 e. The lowest BCUT2D eigenvalue weighted by Gasteiger charge is -2.10. The Balaban J connectivity index is 3.39. The molecule has 110 valence electrons. The average molecular weight is 280 g/mol. The maximum atomic E-state index is 11.0. The van der Waals surface area contributed by atoms with E-state index < -0.39 is 15.4 Å². The lowest BCUT2D eigenvalue weighted by atomic mass is 10.1. The third-order valence-corrected chi connectivity index (χ3v) is 4.72. The third-order valence-electron chi connectivity index (χ3n) is 3.31. The second-order valence-corrected chi connectivity index (χ2v) is 6.58. The molecule has 0 fully saturated rings. The molecule has 0 heterocycles. The Labute approximate surface area is 112 Å². The Morgan fingerprint density at radius 3 is 1.72 bits per heavy atom. The van der Waals surface area contributed by atoms with Gasteiger partial charge in [-0.1, -0.05) is 51.9 Å². The van der Waals surface area contributed by atoms with Crippen LogP contribution in [0.5, 0.6) is 0 Å². The van der Waals surface area contributed by atoms with Crippen LogP contribution in [0, 0.1) is 0 Å². The van der Waals surface area contributed by atoms with Gasteiger partial charge >= 0.3 is 0 Å². The molecular weight excluding hydrogens is 252 g/mol. The van der Waals surface area contributed by atoms with E-state index in [9.17, 15) is 8.42 Å². The standard InChI is InChI=1S/C13H28O4S/c1-2-13(18(15,16)17)11-9-7-5-3-4-6-8-10-12-14/h13-14H,2-12H2,1H3,(H,15,16,17). The predicted octanol–water partition coefficient (Wildman–Crippen LogP) is 3.16. The Hall–Kier alpha value is -0.130. The van der Waals surface area contributed by atoms with E-state index in [4.69, 9.17) is 9.66 Å². The van der Waals surface area contributed by atoms with Crippen molar-refractivity contribution in [1.29, 1.82) is 0 Å². The van der Waals surface area contributed by atoms with E-state index >= 15 is 0 Å². The number of aliphatic hydroxyl groups excluding tert-OH is 1. The number of aliphatic hydroxyl groups is 1. The molecule has 1 unspecified atom stereocenters. The molecule has 18 heavy (non-hydrogen) atoms. The predicted molar refractivity (Wildman–Crippen MR) is 74.3 cm³/mol. The van der Waals surface area contributed by atoms with Gasteiger partial charge < -0.3 is 5.11 Å². The van der Waals surface area contributed by atoms with Gasteiger partial charge in [0.25, 0.3) is 10.1 Å².